The minimum Gasteiger partial charge on any atom is -0.378 e. The number of hydrogen-bond acceptors (Lipinski definition) is 3. The molecule has 0 spiro atoms. The number of rotatable bonds is 4. The standard InChI is InChI=1S/C16H29NO2/c1-4-19-14-6-9-17(10-7-14)12-13-11-16(2,3)8-5-15(13)18/h13-14H,4-12H2,1-3H3. The van der Waals surface area contributed by atoms with E-state index < -0.39 is 0 Å². The summed E-state index contributed by atoms with van der Waals surface area (Å²) in [6.45, 7) is 10.6. The summed E-state index contributed by atoms with van der Waals surface area (Å²) in [5.41, 5.74) is 0.349. The van der Waals surface area contributed by atoms with E-state index in [4.69, 9.17) is 4.74 Å². The summed E-state index contributed by atoms with van der Waals surface area (Å²) >= 11 is 0. The minimum absolute atomic E-state index is 0.271. The van der Waals surface area contributed by atoms with Gasteiger partial charge in [-0.15, -0.1) is 0 Å². The van der Waals surface area contributed by atoms with Crippen LogP contribution in [0.3, 0.4) is 0 Å². The molecular weight excluding hydrogens is 238 g/mol. The molecule has 0 N–H and O–H groups in total. The summed E-state index contributed by atoms with van der Waals surface area (Å²) in [4.78, 5) is 14.5. The zero-order valence-electron chi connectivity index (χ0n) is 12.8. The second-order valence-electron chi connectivity index (χ2n) is 6.99. The second-order valence-corrected chi connectivity index (χ2v) is 6.99. The summed E-state index contributed by atoms with van der Waals surface area (Å²) < 4.78 is 5.68. The van der Waals surface area contributed by atoms with Crippen LogP contribution in [0.4, 0.5) is 0 Å². The number of piperidine rings is 1. The van der Waals surface area contributed by atoms with Crippen LogP contribution in [-0.2, 0) is 9.53 Å². The van der Waals surface area contributed by atoms with Crippen LogP contribution in [0.25, 0.3) is 0 Å². The van der Waals surface area contributed by atoms with Gasteiger partial charge in [0.1, 0.15) is 5.78 Å². The summed E-state index contributed by atoms with van der Waals surface area (Å²) in [6, 6.07) is 0. The Balaban J connectivity index is 1.80. The molecule has 0 radical (unpaired) electrons. The van der Waals surface area contributed by atoms with Crippen molar-refractivity contribution in [3.05, 3.63) is 0 Å². The average Bonchev–Trinajstić information content (AvgIpc) is 2.36. The van der Waals surface area contributed by atoms with Crippen LogP contribution in [-0.4, -0.2) is 43.0 Å². The summed E-state index contributed by atoms with van der Waals surface area (Å²) in [5, 5.41) is 0. The van der Waals surface area contributed by atoms with Gasteiger partial charge >= 0.3 is 0 Å². The van der Waals surface area contributed by atoms with Crippen molar-refractivity contribution in [1.29, 1.82) is 0 Å². The van der Waals surface area contributed by atoms with E-state index in [1.165, 1.54) is 0 Å². The topological polar surface area (TPSA) is 29.5 Å². The van der Waals surface area contributed by atoms with Crippen molar-refractivity contribution in [3.8, 4) is 0 Å². The molecule has 0 bridgehead atoms. The predicted octanol–water partition coefficient (Wildman–Crippen LogP) is 2.88. The number of carbonyl (C=O) groups is 1. The maximum Gasteiger partial charge on any atom is 0.137 e. The third kappa shape index (κ3) is 4.28. The quantitative estimate of drug-likeness (QED) is 0.784. The smallest absolute Gasteiger partial charge is 0.137 e. The number of Topliss-reactive ketones (excluding diaryl/α,β-unsaturated/α-hetero) is 1. The molecule has 19 heavy (non-hydrogen) atoms. The number of likely N-dealkylation sites (tertiary alicyclic amines) is 1. The van der Waals surface area contributed by atoms with Gasteiger partial charge in [0.2, 0.25) is 0 Å². The maximum atomic E-state index is 12.1. The zero-order valence-corrected chi connectivity index (χ0v) is 12.8. The fourth-order valence-corrected chi connectivity index (χ4v) is 3.52. The third-order valence-corrected chi connectivity index (χ3v) is 4.72. The predicted molar refractivity (Wildman–Crippen MR) is 77.2 cm³/mol. The van der Waals surface area contributed by atoms with Gasteiger partial charge in [-0.1, -0.05) is 13.8 Å². The largest absolute Gasteiger partial charge is 0.378 e. The molecule has 0 aromatic rings. The van der Waals surface area contributed by atoms with Crippen molar-refractivity contribution in [2.24, 2.45) is 11.3 Å². The molecule has 1 atom stereocenters. The van der Waals surface area contributed by atoms with Gasteiger partial charge in [-0.2, -0.15) is 0 Å². The molecule has 1 unspecified atom stereocenters. The van der Waals surface area contributed by atoms with E-state index in [1.54, 1.807) is 0 Å². The van der Waals surface area contributed by atoms with Crippen molar-refractivity contribution in [1.82, 2.24) is 4.90 Å². The van der Waals surface area contributed by atoms with Crippen molar-refractivity contribution < 1.29 is 9.53 Å². The first-order chi connectivity index (χ1) is 9.00. The summed E-state index contributed by atoms with van der Waals surface area (Å²) in [7, 11) is 0. The van der Waals surface area contributed by atoms with Crippen molar-refractivity contribution >= 4 is 5.78 Å². The zero-order chi connectivity index (χ0) is 13.9. The molecule has 1 aliphatic heterocycles. The van der Waals surface area contributed by atoms with E-state index in [-0.39, 0.29) is 5.92 Å². The van der Waals surface area contributed by atoms with E-state index in [9.17, 15) is 4.79 Å². The lowest BCUT2D eigenvalue weighted by atomic mass is 9.71. The molecule has 3 nitrogen and oxygen atoms in total. The van der Waals surface area contributed by atoms with Crippen LogP contribution >= 0.6 is 0 Å². The molecule has 0 aromatic carbocycles. The van der Waals surface area contributed by atoms with Gasteiger partial charge in [0, 0.05) is 38.6 Å². The van der Waals surface area contributed by atoms with E-state index in [0.29, 0.717) is 17.3 Å². The van der Waals surface area contributed by atoms with E-state index in [0.717, 1.165) is 58.3 Å². The molecule has 1 saturated heterocycles. The lowest BCUT2D eigenvalue weighted by Gasteiger charge is -2.38. The Kier molecular flexibility index (Phi) is 5.02. The van der Waals surface area contributed by atoms with Crippen LogP contribution in [0.1, 0.15) is 52.9 Å². The molecule has 1 heterocycles. The molecular formula is C16H29NO2. The van der Waals surface area contributed by atoms with E-state index in [2.05, 4.69) is 25.7 Å². The first-order valence-corrected chi connectivity index (χ1v) is 7.87. The fourth-order valence-electron chi connectivity index (χ4n) is 3.52. The third-order valence-electron chi connectivity index (χ3n) is 4.72. The molecule has 0 aromatic heterocycles. The molecule has 0 amide bonds. The van der Waals surface area contributed by atoms with Crippen molar-refractivity contribution in [2.75, 3.05) is 26.2 Å². The Morgan fingerprint density at radius 3 is 2.63 bits per heavy atom. The van der Waals surface area contributed by atoms with Gasteiger partial charge in [0.25, 0.3) is 0 Å². The maximum absolute atomic E-state index is 12.1. The Morgan fingerprint density at radius 2 is 2.00 bits per heavy atom. The second kappa shape index (κ2) is 6.36. The van der Waals surface area contributed by atoms with Gasteiger partial charge in [-0.3, -0.25) is 4.79 Å². The van der Waals surface area contributed by atoms with E-state index >= 15 is 0 Å². The molecule has 3 heteroatoms. The van der Waals surface area contributed by atoms with Gasteiger partial charge in [-0.25, -0.2) is 0 Å². The first-order valence-electron chi connectivity index (χ1n) is 7.87. The first kappa shape index (κ1) is 15.0. The Morgan fingerprint density at radius 1 is 1.32 bits per heavy atom. The highest BCUT2D eigenvalue weighted by molar-refractivity contribution is 5.82. The van der Waals surface area contributed by atoms with Crippen molar-refractivity contribution in [3.63, 3.8) is 0 Å². The lowest BCUT2D eigenvalue weighted by Crippen LogP contribution is -2.43. The lowest BCUT2D eigenvalue weighted by molar-refractivity contribution is -0.128. The van der Waals surface area contributed by atoms with Gasteiger partial charge < -0.3 is 9.64 Å². The average molecular weight is 267 g/mol. The van der Waals surface area contributed by atoms with Gasteiger partial charge in [0.15, 0.2) is 0 Å². The normalized spacial score (nSPS) is 29.6. The number of ketones is 1. The SMILES string of the molecule is CCOC1CCN(CC2CC(C)(C)CCC2=O)CC1. The van der Waals surface area contributed by atoms with Gasteiger partial charge in [0.05, 0.1) is 6.10 Å². The van der Waals surface area contributed by atoms with Crippen LogP contribution in [0.15, 0.2) is 0 Å². The highest BCUT2D eigenvalue weighted by atomic mass is 16.5. The van der Waals surface area contributed by atoms with Crippen LogP contribution in [0.2, 0.25) is 0 Å². The Hall–Kier alpha value is -0.410. The van der Waals surface area contributed by atoms with Crippen LogP contribution in [0, 0.1) is 11.3 Å². The molecule has 2 aliphatic rings. The summed E-state index contributed by atoms with van der Waals surface area (Å²) in [5.74, 6) is 0.763. The van der Waals surface area contributed by atoms with E-state index in [1.807, 2.05) is 0 Å². The monoisotopic (exact) mass is 267 g/mol. The molecule has 110 valence electrons. The number of nitrogens with zero attached hydrogens (tertiary/aromatic N) is 1. The summed E-state index contributed by atoms with van der Waals surface area (Å²) in [6.07, 6.45) is 5.61. The fraction of sp³-hybridized carbons (Fsp3) is 0.938. The number of carbonyl (C=O) groups excluding carboxylic acids is 1. The minimum atomic E-state index is 0.271. The highest BCUT2D eigenvalue weighted by Crippen LogP contribution is 2.37. The Labute approximate surface area is 117 Å². The molecule has 2 fully saturated rings. The van der Waals surface area contributed by atoms with Crippen LogP contribution in [0.5, 0.6) is 0 Å². The molecule has 1 aliphatic carbocycles. The number of hydrogen-bond donors (Lipinski definition) is 0. The van der Waals surface area contributed by atoms with Crippen LogP contribution < -0.4 is 0 Å². The van der Waals surface area contributed by atoms with Gasteiger partial charge in [-0.05, 0) is 38.0 Å². The molecule has 2 rings (SSSR count). The Bertz CT molecular complexity index is 306. The number of ether oxygens (including phenoxy) is 1. The highest BCUT2D eigenvalue weighted by Gasteiger charge is 2.35. The van der Waals surface area contributed by atoms with Crippen molar-refractivity contribution in [2.45, 2.75) is 59.0 Å². The molecule has 1 saturated carbocycles.